The number of carbonyl (C=O) groups is 2. The van der Waals surface area contributed by atoms with Gasteiger partial charge in [0, 0.05) is 49.5 Å². The lowest BCUT2D eigenvalue weighted by molar-refractivity contribution is -0.142. The summed E-state index contributed by atoms with van der Waals surface area (Å²) >= 11 is 0. The van der Waals surface area contributed by atoms with Gasteiger partial charge in [0.15, 0.2) is 17.1 Å². The highest BCUT2D eigenvalue weighted by atomic mass is 19.4. The van der Waals surface area contributed by atoms with E-state index in [1.165, 1.54) is 39.5 Å². The number of hydrogen-bond donors (Lipinski definition) is 4. The van der Waals surface area contributed by atoms with Gasteiger partial charge >= 0.3 is 30.6 Å². The van der Waals surface area contributed by atoms with Gasteiger partial charge in [-0.2, -0.15) is 59.9 Å². The number of alkyl halides is 9. The summed E-state index contributed by atoms with van der Waals surface area (Å²) in [7, 11) is 2.75. The maximum atomic E-state index is 13.3. The fraction of sp³-hybridized carbons (Fsp3) is 0.366. The molecular formula is C41H43F9N14O4. The highest BCUT2D eigenvalue weighted by molar-refractivity contribution is 5.90. The predicted molar refractivity (Wildman–Crippen MR) is 225 cm³/mol. The third-order valence-corrected chi connectivity index (χ3v) is 9.16. The molecule has 0 saturated carbocycles. The molecule has 0 aliphatic carbocycles. The molecule has 6 rings (SSSR count). The van der Waals surface area contributed by atoms with E-state index < -0.39 is 47.7 Å². The lowest BCUT2D eigenvalue weighted by Gasteiger charge is -2.14. The number of pyridine rings is 2. The van der Waals surface area contributed by atoms with Crippen molar-refractivity contribution in [3.8, 4) is 34.3 Å². The molecule has 6 aromatic rings. The summed E-state index contributed by atoms with van der Waals surface area (Å²) in [4.78, 5) is 32.2. The number of ether oxygens (including phenoxy) is 2. The average Bonchev–Trinajstić information content (AvgIpc) is 3.84. The molecule has 0 spiro atoms. The zero-order valence-electron chi connectivity index (χ0n) is 37.4. The van der Waals surface area contributed by atoms with Gasteiger partial charge in [-0.15, -0.1) is 10.2 Å². The van der Waals surface area contributed by atoms with Crippen molar-refractivity contribution in [3.63, 3.8) is 0 Å². The number of anilines is 2. The van der Waals surface area contributed by atoms with Gasteiger partial charge in [0.25, 0.3) is 0 Å². The lowest BCUT2D eigenvalue weighted by atomic mass is 10.1. The Kier molecular flexibility index (Phi) is 15.8. The SMILES string of the molecule is CCOc1cc(NC(=O)NCc2cc(C)c(-c3cn(C)nc3C(F)(F)F)nn2)cc(C(F)(F)F)n1.CCOc1nc(C)cc(NC(=O)NCc2cc(C)c(-c3cn(C)nc3C(F)(F)F)nn2)c1C. The second-order valence-electron chi connectivity index (χ2n) is 14.7. The van der Waals surface area contributed by atoms with Gasteiger partial charge in [0.05, 0.1) is 65.9 Å². The van der Waals surface area contributed by atoms with E-state index in [1.807, 2.05) is 6.92 Å². The molecular weight excluding hydrogens is 924 g/mol. The molecule has 0 atom stereocenters. The largest absolute Gasteiger partial charge is 0.478 e. The van der Waals surface area contributed by atoms with Crippen LogP contribution in [0.3, 0.4) is 0 Å². The fourth-order valence-corrected chi connectivity index (χ4v) is 6.27. The summed E-state index contributed by atoms with van der Waals surface area (Å²) in [6.45, 7) is 10.5. The Balaban J connectivity index is 0.000000255. The van der Waals surface area contributed by atoms with Crippen molar-refractivity contribution in [2.45, 2.75) is 73.2 Å². The molecule has 4 amide bonds. The van der Waals surface area contributed by atoms with Crippen LogP contribution in [-0.2, 0) is 45.7 Å². The van der Waals surface area contributed by atoms with E-state index in [4.69, 9.17) is 9.47 Å². The second kappa shape index (κ2) is 20.9. The predicted octanol–water partition coefficient (Wildman–Crippen LogP) is 8.28. The van der Waals surface area contributed by atoms with Gasteiger partial charge in [-0.3, -0.25) is 9.36 Å². The molecule has 0 unspecified atom stereocenters. The normalized spacial score (nSPS) is 11.7. The summed E-state index contributed by atoms with van der Waals surface area (Å²) in [5, 5.41) is 32.6. The van der Waals surface area contributed by atoms with Crippen molar-refractivity contribution in [1.29, 1.82) is 0 Å². The van der Waals surface area contributed by atoms with Crippen LogP contribution in [0.4, 0.5) is 60.5 Å². The van der Waals surface area contributed by atoms with Gasteiger partial charge in [0.1, 0.15) is 0 Å². The number of carbonyl (C=O) groups excluding carboxylic acids is 2. The first-order chi connectivity index (χ1) is 31.8. The van der Waals surface area contributed by atoms with E-state index in [2.05, 4.69) is 61.8 Å². The quantitative estimate of drug-likeness (QED) is 0.0854. The Morgan fingerprint density at radius 1 is 0.618 bits per heavy atom. The van der Waals surface area contributed by atoms with Crippen molar-refractivity contribution in [1.82, 2.24) is 60.6 Å². The fourth-order valence-electron chi connectivity index (χ4n) is 6.27. The number of nitrogens with zero attached hydrogens (tertiary/aromatic N) is 10. The molecule has 6 heterocycles. The average molecular weight is 967 g/mol. The number of halogens is 9. The van der Waals surface area contributed by atoms with Crippen LogP contribution in [0.25, 0.3) is 22.5 Å². The Hall–Kier alpha value is -7.61. The van der Waals surface area contributed by atoms with Gasteiger partial charge in [-0.1, -0.05) is 0 Å². The minimum absolute atomic E-state index is 0.0283. The third-order valence-electron chi connectivity index (χ3n) is 9.16. The molecule has 68 heavy (non-hydrogen) atoms. The standard InChI is InChI=1S/C21H24F3N7O2.C20H19F6N7O2/c1-6-33-19-13(4)16(8-12(3)26-19)27-20(32)25-9-14-7-11(2)17(29-28-14)15-10-31(5)30-18(15)21(22,23)24;1-4-35-15-7-11(6-14(29-15)19(21,22)23)28-18(34)27-8-12-5-10(2)16(31-30-12)13-9-33(3)32-17(13)20(24,25)26/h7-8,10H,6,9H2,1-5H3,(H2,25,26,27,32);5-7,9H,4,8H2,1-3H3,(H2,27,28,29,34). The molecule has 27 heteroatoms. The van der Waals surface area contributed by atoms with Gasteiger partial charge in [-0.25, -0.2) is 19.6 Å². The summed E-state index contributed by atoms with van der Waals surface area (Å²) in [6, 6.07) is 5.16. The molecule has 0 bridgehead atoms. The van der Waals surface area contributed by atoms with E-state index in [-0.39, 0.29) is 59.5 Å². The summed E-state index contributed by atoms with van der Waals surface area (Å²) in [5.41, 5.74) is -0.583. The van der Waals surface area contributed by atoms with Crippen LogP contribution in [0.5, 0.6) is 11.8 Å². The highest BCUT2D eigenvalue weighted by Crippen LogP contribution is 2.38. The van der Waals surface area contributed by atoms with Crippen LogP contribution in [0.2, 0.25) is 0 Å². The first-order valence-corrected chi connectivity index (χ1v) is 20.1. The van der Waals surface area contributed by atoms with Crippen LogP contribution >= 0.6 is 0 Å². The van der Waals surface area contributed by atoms with Crippen molar-refractivity contribution in [2.24, 2.45) is 14.1 Å². The second-order valence-corrected chi connectivity index (χ2v) is 14.7. The molecule has 0 aliphatic rings. The Morgan fingerprint density at radius 2 is 1.10 bits per heavy atom. The number of urea groups is 2. The topological polar surface area (TPSA) is 214 Å². The number of aryl methyl sites for hydroxylation is 5. The number of hydrogen-bond acceptors (Lipinski definition) is 12. The van der Waals surface area contributed by atoms with Gasteiger partial charge in [-0.05, 0) is 76.9 Å². The summed E-state index contributed by atoms with van der Waals surface area (Å²) < 4.78 is 131. The molecule has 6 aromatic heterocycles. The van der Waals surface area contributed by atoms with Gasteiger partial charge in [0.2, 0.25) is 11.8 Å². The van der Waals surface area contributed by atoms with E-state index >= 15 is 0 Å². The minimum atomic E-state index is -4.75. The van der Waals surface area contributed by atoms with E-state index in [9.17, 15) is 49.1 Å². The zero-order valence-corrected chi connectivity index (χ0v) is 37.4. The van der Waals surface area contributed by atoms with Crippen LogP contribution in [0.15, 0.2) is 42.7 Å². The zero-order chi connectivity index (χ0) is 50.3. The Labute approximate surface area is 381 Å². The van der Waals surface area contributed by atoms with Crippen molar-refractivity contribution in [2.75, 3.05) is 23.8 Å². The molecule has 0 fully saturated rings. The number of aromatic nitrogens is 10. The number of rotatable bonds is 12. The van der Waals surface area contributed by atoms with Crippen molar-refractivity contribution in [3.05, 3.63) is 93.6 Å². The smallest absolute Gasteiger partial charge is 0.435 e. The summed E-state index contributed by atoms with van der Waals surface area (Å²) in [6.07, 6.45) is -11.6. The molecule has 0 radical (unpaired) electrons. The maximum Gasteiger partial charge on any atom is 0.435 e. The number of nitrogens with one attached hydrogen (secondary N) is 4. The maximum absolute atomic E-state index is 13.3. The van der Waals surface area contributed by atoms with Crippen LogP contribution < -0.4 is 30.7 Å². The molecule has 18 nitrogen and oxygen atoms in total. The molecule has 364 valence electrons. The number of amides is 4. The third kappa shape index (κ3) is 13.3. The molecule has 0 aliphatic heterocycles. The molecule has 0 aromatic carbocycles. The monoisotopic (exact) mass is 966 g/mol. The van der Waals surface area contributed by atoms with Crippen molar-refractivity contribution >= 4 is 23.4 Å². The van der Waals surface area contributed by atoms with Crippen LogP contribution in [0.1, 0.15) is 64.7 Å². The molecule has 4 N–H and O–H groups in total. The first kappa shape index (κ1) is 51.4. The van der Waals surface area contributed by atoms with E-state index in [1.54, 1.807) is 39.8 Å². The first-order valence-electron chi connectivity index (χ1n) is 20.1. The van der Waals surface area contributed by atoms with Crippen LogP contribution in [-0.4, -0.2) is 75.2 Å². The molecule has 0 saturated heterocycles. The van der Waals surface area contributed by atoms with E-state index in [0.29, 0.717) is 52.3 Å². The van der Waals surface area contributed by atoms with Crippen molar-refractivity contribution < 1.29 is 58.6 Å². The van der Waals surface area contributed by atoms with Crippen LogP contribution in [0, 0.1) is 27.7 Å². The van der Waals surface area contributed by atoms with E-state index in [0.717, 1.165) is 15.4 Å². The summed E-state index contributed by atoms with van der Waals surface area (Å²) in [5.74, 6) is 0.127. The Bertz CT molecular complexity index is 2770. The highest BCUT2D eigenvalue weighted by Gasteiger charge is 2.39. The Morgan fingerprint density at radius 3 is 1.54 bits per heavy atom. The van der Waals surface area contributed by atoms with Gasteiger partial charge < -0.3 is 30.7 Å². The lowest BCUT2D eigenvalue weighted by Crippen LogP contribution is -2.29. The minimum Gasteiger partial charge on any atom is -0.478 e.